The first-order chi connectivity index (χ1) is 45.5. The van der Waals surface area contributed by atoms with Crippen LogP contribution in [0.2, 0.25) is 10.0 Å². The molecule has 0 aliphatic carbocycles. The van der Waals surface area contributed by atoms with Crippen molar-refractivity contribution in [3.05, 3.63) is 117 Å². The number of ketones is 1. The number of carbonyl (C=O) groups is 6. The van der Waals surface area contributed by atoms with Gasteiger partial charge in [0.2, 0.25) is 41.6 Å². The van der Waals surface area contributed by atoms with Crippen LogP contribution in [0, 0.1) is 5.92 Å². The number of hydrogen-bond acceptors (Lipinski definition) is 22. The van der Waals surface area contributed by atoms with E-state index in [2.05, 4.69) is 26.6 Å². The van der Waals surface area contributed by atoms with Crippen molar-refractivity contribution in [3.63, 3.8) is 0 Å². The number of phenolic OH excluding ortho intramolecular Hbond substituents is 3. The zero-order valence-corrected chi connectivity index (χ0v) is 54.8. The Hall–Kier alpha value is -7.90. The highest BCUT2D eigenvalue weighted by molar-refractivity contribution is 6.32. The number of fused-ring (bicyclic) bond motifs is 15. The van der Waals surface area contributed by atoms with Crippen molar-refractivity contribution in [2.45, 2.75) is 171 Å². The summed E-state index contributed by atoms with van der Waals surface area (Å²) in [5.74, 6) is -9.70. The molecule has 17 N–H and O–H groups in total. The standard InChI is InChI=1S/C67H81Cl2N7O20/c1-6-17-72-64(89)55-38-23-36(78)24-45(81)54(38)37-18-33(9-12-43(37)79)27-74-65(90)56-35-21-48(92-46-14-10-32(19-39(46)68)8-13-44(55)80)60(96-66-61(59(86)58(85)50(29-77)94-66)95-53-26-67(5,71)62(87)31(4)91-53)49(22-35)93-47-15-11-34(20-40(47)69)57(84)42(75-52(83)16-7-30(2)3)28-73-41(25-51(70)82)63(88)76-56/h9-12,14-15,18-24,30-31,41-42,50,53,55-59,61-62,66,73,77-79,81,84-87H,6-8,13,16-17,25-29,71H2,1-5H3,(H2,70,82)(H,72,89)(H,74,90)(H,75,83)(H,76,88)/t31-,41?,42?,50?,53+,55+,56?,57?,58+,59+,61?,62+,66+,67-/m1/s1. The normalized spacial score (nSPS) is 27.3. The van der Waals surface area contributed by atoms with E-state index in [0.29, 0.717) is 18.4 Å². The van der Waals surface area contributed by atoms with Gasteiger partial charge >= 0.3 is 0 Å². The Kier molecular flexibility index (Phi) is 23.4. The molecular weight excluding hydrogens is 1290 g/mol. The number of aliphatic hydroxyl groups excluding tert-OH is 5. The topological polar surface area (TPSA) is 432 Å². The molecule has 0 aromatic heterocycles. The van der Waals surface area contributed by atoms with Crippen LogP contribution in [0.4, 0.5) is 0 Å². The molecule has 9 bridgehead atoms. The Morgan fingerprint density at radius 1 is 0.823 bits per heavy atom. The van der Waals surface area contributed by atoms with E-state index >= 15 is 9.59 Å². The Balaban J connectivity index is 1.27. The monoisotopic (exact) mass is 1370 g/mol. The van der Waals surface area contributed by atoms with Crippen LogP contribution in [-0.2, 0) is 55.9 Å². The third kappa shape index (κ3) is 16.9. The van der Waals surface area contributed by atoms with Gasteiger partial charge in [-0.1, -0.05) is 62.2 Å². The first-order valence-corrected chi connectivity index (χ1v) is 32.2. The van der Waals surface area contributed by atoms with E-state index in [1.54, 1.807) is 20.8 Å². The van der Waals surface area contributed by atoms with Crippen molar-refractivity contribution in [2.24, 2.45) is 17.4 Å². The summed E-state index contributed by atoms with van der Waals surface area (Å²) < 4.78 is 38.7. The second-order valence-corrected chi connectivity index (χ2v) is 26.0. The van der Waals surface area contributed by atoms with Gasteiger partial charge in [0, 0.05) is 61.6 Å². The van der Waals surface area contributed by atoms with Crippen LogP contribution in [-0.4, -0.2) is 163 Å². The Morgan fingerprint density at radius 2 is 1.51 bits per heavy atom. The van der Waals surface area contributed by atoms with E-state index in [4.69, 9.17) is 63.1 Å². The summed E-state index contributed by atoms with van der Waals surface area (Å²) in [6, 6.07) is 12.4. The summed E-state index contributed by atoms with van der Waals surface area (Å²) >= 11 is 14.2. The molecule has 29 heteroatoms. The minimum absolute atomic E-state index is 0.0523. The molecule has 14 atom stereocenters. The zero-order valence-electron chi connectivity index (χ0n) is 53.3. The Morgan fingerprint density at radius 3 is 2.16 bits per heavy atom. The van der Waals surface area contributed by atoms with Crippen molar-refractivity contribution < 1.29 is 98.0 Å². The molecule has 5 aromatic rings. The smallest absolute Gasteiger partial charge is 0.247 e. The van der Waals surface area contributed by atoms with Gasteiger partial charge in [0.05, 0.1) is 47.4 Å². The molecule has 518 valence electrons. The number of amides is 5. The number of benzene rings is 5. The van der Waals surface area contributed by atoms with E-state index in [1.807, 2.05) is 13.8 Å². The van der Waals surface area contributed by atoms with Gasteiger partial charge in [-0.3, -0.25) is 28.8 Å². The second kappa shape index (κ2) is 31.1. The lowest BCUT2D eigenvalue weighted by Crippen LogP contribution is -2.64. The predicted octanol–water partition coefficient (Wildman–Crippen LogP) is 4.18. The molecule has 0 saturated carbocycles. The van der Waals surface area contributed by atoms with E-state index in [0.717, 1.165) is 12.1 Å². The number of Topliss-reactive ketones (excluding diaryl/α,β-unsaturated/α-hetero) is 1. The molecule has 0 radical (unpaired) electrons. The van der Waals surface area contributed by atoms with Gasteiger partial charge in [0.25, 0.3) is 0 Å². The third-order valence-corrected chi connectivity index (χ3v) is 17.7. The van der Waals surface area contributed by atoms with Crippen LogP contribution >= 0.6 is 23.2 Å². The van der Waals surface area contributed by atoms with Crippen molar-refractivity contribution in [3.8, 4) is 57.1 Å². The lowest BCUT2D eigenvalue weighted by Gasteiger charge is -2.47. The van der Waals surface area contributed by atoms with Gasteiger partial charge in [-0.15, -0.1) is 0 Å². The third-order valence-electron chi connectivity index (χ3n) is 17.1. The van der Waals surface area contributed by atoms with Gasteiger partial charge in [-0.05, 0) is 121 Å². The fourth-order valence-corrected chi connectivity index (χ4v) is 12.4. The number of aliphatic hydroxyl groups is 5. The SMILES string of the molecule is CCCNC(=O)[C@@H]1C(=O)CCc2ccc(c(Cl)c2)Oc2cc3cc(c2O[C@@H]2OC(CO)[C@H](O)[C@H](O)C2O[C@H]2C[C@@](C)(N)[C@@H](O)[C@@H](C)O2)Oc2ccc(cc2Cl)C(O)C(NC(=O)CCC(C)C)CNC(CC(N)=O)C(=O)NC3C(=O)NCc2ccc(O)c(c2)-c2c(O)cc(O)cc21. The fourth-order valence-electron chi connectivity index (χ4n) is 11.9. The Labute approximate surface area is 562 Å². The molecule has 6 aliphatic rings. The van der Waals surface area contributed by atoms with Gasteiger partial charge in [-0.2, -0.15) is 0 Å². The maximum absolute atomic E-state index is 15.5. The summed E-state index contributed by atoms with van der Waals surface area (Å²) in [7, 11) is 0. The molecule has 5 amide bonds. The molecule has 5 aromatic carbocycles. The average Bonchev–Trinajstić information content (AvgIpc) is 0.805. The van der Waals surface area contributed by atoms with E-state index in [9.17, 15) is 60.0 Å². The zero-order chi connectivity index (χ0) is 69.6. The molecule has 96 heavy (non-hydrogen) atoms. The number of phenols is 3. The highest BCUT2D eigenvalue weighted by atomic mass is 35.5. The Bertz CT molecular complexity index is 3710. The number of aromatic hydroxyl groups is 3. The number of aryl methyl sites for hydroxylation is 1. The highest BCUT2D eigenvalue weighted by Gasteiger charge is 2.51. The molecule has 6 heterocycles. The van der Waals surface area contributed by atoms with E-state index in [-0.39, 0.29) is 99.6 Å². The fraction of sp³-hybridized carbons (Fsp3) is 0.463. The number of ether oxygens (including phenoxy) is 6. The lowest BCUT2D eigenvalue weighted by atomic mass is 9.84. The van der Waals surface area contributed by atoms with Crippen LogP contribution in [0.1, 0.15) is 119 Å². The van der Waals surface area contributed by atoms with Gasteiger partial charge in [0.1, 0.15) is 70.9 Å². The van der Waals surface area contributed by atoms with Crippen molar-refractivity contribution in [1.29, 1.82) is 0 Å². The number of primary amides is 1. The van der Waals surface area contributed by atoms with Crippen LogP contribution in [0.5, 0.6) is 46.0 Å². The summed E-state index contributed by atoms with van der Waals surface area (Å²) in [5.41, 5.74) is 11.1. The average molecular weight is 1380 g/mol. The lowest BCUT2D eigenvalue weighted by molar-refractivity contribution is -0.333. The number of rotatable bonds is 14. The summed E-state index contributed by atoms with van der Waals surface area (Å²) in [4.78, 5) is 86.0. The number of carbonyl (C=O) groups excluding carboxylic acids is 6. The maximum atomic E-state index is 15.5. The van der Waals surface area contributed by atoms with Crippen LogP contribution in [0.15, 0.2) is 78.9 Å². The molecule has 11 rings (SSSR count). The quantitative estimate of drug-likeness (QED) is 0.0693. The second-order valence-electron chi connectivity index (χ2n) is 25.2. The molecule has 2 saturated heterocycles. The van der Waals surface area contributed by atoms with Crippen LogP contribution < -0.4 is 52.3 Å². The van der Waals surface area contributed by atoms with Crippen molar-refractivity contribution in [1.82, 2.24) is 26.6 Å². The molecule has 0 spiro atoms. The number of nitrogens with one attached hydrogen (secondary N) is 5. The maximum Gasteiger partial charge on any atom is 0.247 e. The van der Waals surface area contributed by atoms with Crippen LogP contribution in [0.25, 0.3) is 11.1 Å². The number of nitrogens with two attached hydrogens (primary N) is 2. The molecular formula is C67H81Cl2N7O20. The predicted molar refractivity (Wildman–Crippen MR) is 346 cm³/mol. The first kappa shape index (κ1) is 72.4. The minimum atomic E-state index is -1.93. The van der Waals surface area contributed by atoms with E-state index < -0.39 is 174 Å². The summed E-state index contributed by atoms with van der Waals surface area (Å²) in [6.07, 6.45) is -14.2. The number of hydrogen-bond donors (Lipinski definition) is 15. The molecule has 2 fully saturated rings. The van der Waals surface area contributed by atoms with Crippen molar-refractivity contribution in [2.75, 3.05) is 19.7 Å². The van der Waals surface area contributed by atoms with Crippen molar-refractivity contribution >= 4 is 58.5 Å². The van der Waals surface area contributed by atoms with Gasteiger partial charge in [-0.25, -0.2) is 0 Å². The first-order valence-electron chi connectivity index (χ1n) is 31.5. The molecule has 27 nitrogen and oxygen atoms in total. The highest BCUT2D eigenvalue weighted by Crippen LogP contribution is 2.49. The minimum Gasteiger partial charge on any atom is -0.508 e. The van der Waals surface area contributed by atoms with E-state index in [1.165, 1.54) is 66.7 Å². The van der Waals surface area contributed by atoms with Gasteiger partial charge < -0.3 is 107 Å². The number of halogens is 2. The summed E-state index contributed by atoms with van der Waals surface area (Å²) in [5, 5.41) is 105. The molecule has 6 aliphatic heterocycles. The van der Waals surface area contributed by atoms with Gasteiger partial charge in [0.15, 0.2) is 23.9 Å². The summed E-state index contributed by atoms with van der Waals surface area (Å²) in [6.45, 7) is 7.19. The van der Waals surface area contributed by atoms with Crippen LogP contribution in [0.3, 0.4) is 0 Å². The molecule has 6 unspecified atom stereocenters. The largest absolute Gasteiger partial charge is 0.508 e.